The molecule has 0 unspecified atom stereocenters. The monoisotopic (exact) mass is 296 g/mol. The lowest BCUT2D eigenvalue weighted by molar-refractivity contribution is 0.823. The molecule has 0 N–H and O–H groups in total. The van der Waals surface area contributed by atoms with Crippen LogP contribution >= 0.6 is 11.3 Å². The predicted octanol–water partition coefficient (Wildman–Crippen LogP) is 3.68. The van der Waals surface area contributed by atoms with E-state index in [1.54, 1.807) is 11.3 Å². The van der Waals surface area contributed by atoms with Gasteiger partial charge in [-0.15, -0.1) is 0 Å². The highest BCUT2D eigenvalue weighted by atomic mass is 32.1. The van der Waals surface area contributed by atoms with Crippen molar-refractivity contribution in [3.63, 3.8) is 0 Å². The first-order valence-electron chi connectivity index (χ1n) is 6.96. The first-order chi connectivity index (χ1) is 10.3. The molecule has 21 heavy (non-hydrogen) atoms. The summed E-state index contributed by atoms with van der Waals surface area (Å²) in [6.07, 6.45) is 0. The lowest BCUT2D eigenvalue weighted by atomic mass is 10.2. The summed E-state index contributed by atoms with van der Waals surface area (Å²) in [5.74, 6) is 0. The van der Waals surface area contributed by atoms with Crippen molar-refractivity contribution in [1.82, 2.24) is 4.98 Å². The van der Waals surface area contributed by atoms with Crippen LogP contribution in [0.15, 0.2) is 59.4 Å². The maximum absolute atomic E-state index is 12.1. The molecule has 0 aliphatic rings. The van der Waals surface area contributed by atoms with Crippen molar-refractivity contribution >= 4 is 26.6 Å². The fourth-order valence-electron chi connectivity index (χ4n) is 2.25. The molecule has 0 fully saturated rings. The average Bonchev–Trinajstić information content (AvgIpc) is 2.53. The van der Waals surface area contributed by atoms with Crippen molar-refractivity contribution in [2.24, 2.45) is 0 Å². The van der Waals surface area contributed by atoms with Crippen molar-refractivity contribution in [2.45, 2.75) is 13.5 Å². The van der Waals surface area contributed by atoms with E-state index in [-0.39, 0.29) is 5.56 Å². The first kappa shape index (κ1) is 13.8. The molecule has 3 nitrogen and oxygen atoms in total. The molecule has 0 aliphatic heterocycles. The lowest BCUT2D eigenvalue weighted by Gasteiger charge is -2.21. The maximum atomic E-state index is 12.1. The molecule has 0 saturated heterocycles. The number of hydrogen-bond acceptors (Lipinski definition) is 4. The van der Waals surface area contributed by atoms with E-state index in [1.165, 1.54) is 5.56 Å². The molecule has 3 rings (SSSR count). The standard InChI is InChI=1S/C17H16N2OS/c1-2-19(12-13-8-4-3-5-9-13)17-18-16(20)14-10-6-7-11-15(14)21-17/h3-11H,2,12H2,1H3. The summed E-state index contributed by atoms with van der Waals surface area (Å²) in [6, 6.07) is 17.9. The zero-order valence-electron chi connectivity index (χ0n) is 11.8. The fraction of sp³-hybridized carbons (Fsp3) is 0.176. The zero-order chi connectivity index (χ0) is 14.7. The lowest BCUT2D eigenvalue weighted by Crippen LogP contribution is -2.24. The molecular formula is C17H16N2OS. The third-order valence-electron chi connectivity index (χ3n) is 3.38. The summed E-state index contributed by atoms with van der Waals surface area (Å²) in [4.78, 5) is 18.5. The largest absolute Gasteiger partial charge is 0.344 e. The minimum atomic E-state index is -0.147. The SMILES string of the molecule is CCN(Cc1ccccc1)c1nc(=O)c2ccccc2s1. The Morgan fingerprint density at radius 2 is 1.76 bits per heavy atom. The second kappa shape index (κ2) is 6.06. The third kappa shape index (κ3) is 2.95. The van der Waals surface area contributed by atoms with E-state index in [1.807, 2.05) is 42.5 Å². The number of rotatable bonds is 4. The summed E-state index contributed by atoms with van der Waals surface area (Å²) in [7, 11) is 0. The van der Waals surface area contributed by atoms with Gasteiger partial charge in [0.25, 0.3) is 5.56 Å². The van der Waals surface area contributed by atoms with E-state index in [4.69, 9.17) is 0 Å². The first-order valence-corrected chi connectivity index (χ1v) is 7.78. The van der Waals surface area contributed by atoms with Gasteiger partial charge in [0.2, 0.25) is 0 Å². The van der Waals surface area contributed by atoms with Gasteiger partial charge in [-0.2, -0.15) is 4.98 Å². The number of benzene rings is 2. The van der Waals surface area contributed by atoms with Crippen LogP contribution in [0.3, 0.4) is 0 Å². The van der Waals surface area contributed by atoms with Gasteiger partial charge in [-0.3, -0.25) is 4.79 Å². The molecule has 0 radical (unpaired) electrons. The second-order valence-electron chi connectivity index (χ2n) is 4.80. The molecular weight excluding hydrogens is 280 g/mol. The highest BCUT2D eigenvalue weighted by Gasteiger charge is 2.11. The molecule has 0 amide bonds. The third-order valence-corrected chi connectivity index (χ3v) is 4.49. The Morgan fingerprint density at radius 1 is 1.05 bits per heavy atom. The number of aromatic nitrogens is 1. The molecule has 0 bridgehead atoms. The Labute approximate surface area is 127 Å². The summed E-state index contributed by atoms with van der Waals surface area (Å²) in [5.41, 5.74) is 1.07. The van der Waals surface area contributed by atoms with Gasteiger partial charge in [-0.05, 0) is 24.6 Å². The van der Waals surface area contributed by atoms with E-state index in [0.717, 1.165) is 22.9 Å². The van der Waals surface area contributed by atoms with Crippen molar-refractivity contribution in [2.75, 3.05) is 11.4 Å². The Bertz CT molecular complexity index is 798. The van der Waals surface area contributed by atoms with Crippen LogP contribution < -0.4 is 10.5 Å². The Morgan fingerprint density at radius 3 is 2.52 bits per heavy atom. The van der Waals surface area contributed by atoms with Gasteiger partial charge >= 0.3 is 0 Å². The van der Waals surface area contributed by atoms with Gasteiger partial charge in [-0.1, -0.05) is 53.8 Å². The van der Waals surface area contributed by atoms with E-state index in [0.29, 0.717) is 5.39 Å². The second-order valence-corrected chi connectivity index (χ2v) is 5.81. The van der Waals surface area contributed by atoms with Crippen LogP contribution in [0.5, 0.6) is 0 Å². The maximum Gasteiger partial charge on any atom is 0.281 e. The average molecular weight is 296 g/mol. The van der Waals surface area contributed by atoms with Crippen LogP contribution in [-0.4, -0.2) is 11.5 Å². The smallest absolute Gasteiger partial charge is 0.281 e. The summed E-state index contributed by atoms with van der Waals surface area (Å²) >= 11 is 1.57. The van der Waals surface area contributed by atoms with Crippen LogP contribution in [0.4, 0.5) is 5.13 Å². The molecule has 0 atom stereocenters. The topological polar surface area (TPSA) is 33.2 Å². The normalized spacial score (nSPS) is 10.7. The zero-order valence-corrected chi connectivity index (χ0v) is 12.6. The predicted molar refractivity (Wildman–Crippen MR) is 89.1 cm³/mol. The van der Waals surface area contributed by atoms with Gasteiger partial charge in [0.15, 0.2) is 5.13 Å². The molecule has 4 heteroatoms. The van der Waals surface area contributed by atoms with Crippen molar-refractivity contribution < 1.29 is 0 Å². The van der Waals surface area contributed by atoms with E-state index >= 15 is 0 Å². The van der Waals surface area contributed by atoms with Crippen molar-refractivity contribution in [1.29, 1.82) is 0 Å². The summed E-state index contributed by atoms with van der Waals surface area (Å²) in [5, 5.41) is 1.48. The van der Waals surface area contributed by atoms with Gasteiger partial charge < -0.3 is 4.90 Å². The summed E-state index contributed by atoms with van der Waals surface area (Å²) in [6.45, 7) is 3.66. The van der Waals surface area contributed by atoms with Crippen molar-refractivity contribution in [3.05, 3.63) is 70.5 Å². The molecule has 106 valence electrons. The number of nitrogens with zero attached hydrogens (tertiary/aromatic N) is 2. The molecule has 3 aromatic rings. The molecule has 1 heterocycles. The Hall–Kier alpha value is -2.20. The van der Waals surface area contributed by atoms with Gasteiger partial charge in [0, 0.05) is 17.8 Å². The van der Waals surface area contributed by atoms with E-state index < -0.39 is 0 Å². The molecule has 0 spiro atoms. The molecule has 0 aliphatic carbocycles. The highest BCUT2D eigenvalue weighted by molar-refractivity contribution is 7.21. The van der Waals surface area contributed by atoms with Crippen molar-refractivity contribution in [3.8, 4) is 0 Å². The number of anilines is 1. The van der Waals surface area contributed by atoms with Crippen LogP contribution in [0.1, 0.15) is 12.5 Å². The van der Waals surface area contributed by atoms with Crippen LogP contribution in [-0.2, 0) is 6.54 Å². The number of hydrogen-bond donors (Lipinski definition) is 0. The van der Waals surface area contributed by atoms with Crippen LogP contribution in [0.25, 0.3) is 10.1 Å². The van der Waals surface area contributed by atoms with E-state index in [9.17, 15) is 4.79 Å². The Kier molecular flexibility index (Phi) is 3.97. The Balaban J connectivity index is 1.99. The number of fused-ring (bicyclic) bond motifs is 1. The minimum Gasteiger partial charge on any atom is -0.344 e. The van der Waals surface area contributed by atoms with Gasteiger partial charge in [0.1, 0.15) is 0 Å². The van der Waals surface area contributed by atoms with Gasteiger partial charge in [-0.25, -0.2) is 0 Å². The molecule has 0 saturated carbocycles. The summed E-state index contributed by atoms with van der Waals surface area (Å²) < 4.78 is 0.985. The highest BCUT2D eigenvalue weighted by Crippen LogP contribution is 2.24. The molecule has 2 aromatic carbocycles. The quantitative estimate of drug-likeness (QED) is 0.736. The molecule has 1 aromatic heterocycles. The fourth-order valence-corrected chi connectivity index (χ4v) is 3.31. The van der Waals surface area contributed by atoms with Crippen LogP contribution in [0, 0.1) is 0 Å². The van der Waals surface area contributed by atoms with Crippen LogP contribution in [0.2, 0.25) is 0 Å². The van der Waals surface area contributed by atoms with Gasteiger partial charge in [0.05, 0.1) is 5.39 Å². The van der Waals surface area contributed by atoms with E-state index in [2.05, 4.69) is 28.9 Å². The minimum absolute atomic E-state index is 0.147.